The molecule has 0 aliphatic carbocycles. The summed E-state index contributed by atoms with van der Waals surface area (Å²) in [5, 5.41) is 33.6. The van der Waals surface area contributed by atoms with Crippen molar-refractivity contribution in [2.45, 2.75) is 83.0 Å². The van der Waals surface area contributed by atoms with Crippen LogP contribution in [-0.2, 0) is 8.85 Å². The summed E-state index contributed by atoms with van der Waals surface area (Å²) in [4.78, 5) is 0. The van der Waals surface area contributed by atoms with Crippen molar-refractivity contribution in [2.24, 2.45) is 0 Å². The van der Waals surface area contributed by atoms with Gasteiger partial charge in [-0.15, -0.1) is 0 Å². The molecule has 2 aromatic carbocycles. The van der Waals surface area contributed by atoms with Crippen LogP contribution in [0.3, 0.4) is 0 Å². The SMILES string of the molecule is CC(C)(C)[Si](C)(C)OC[C@H](O)[C@H](O)[C@@H](C#N)O[Si](c1ccccc1)(c1ccccc1)C(C)(C)C. The standard InChI is InChI=1S/C27H41NO4Si2/c1-26(2,3)33(7,8)31-20-23(29)25(30)24(19-28)32-34(27(4,5)6,21-15-11-9-12-16-21)22-17-13-10-14-18-22/h9-18,23-25,29-30H,20H2,1-8H3/t23-,24+,25-/m0/s1. The van der Waals surface area contributed by atoms with Gasteiger partial charge in [0.15, 0.2) is 14.4 Å². The van der Waals surface area contributed by atoms with E-state index < -0.39 is 34.9 Å². The predicted octanol–water partition coefficient (Wildman–Crippen LogP) is 4.20. The monoisotopic (exact) mass is 499 g/mol. The maximum atomic E-state index is 11.1. The van der Waals surface area contributed by atoms with Crippen molar-refractivity contribution >= 4 is 27.0 Å². The first-order valence-electron chi connectivity index (χ1n) is 11.9. The normalized spacial score (nSPS) is 15.9. The van der Waals surface area contributed by atoms with Gasteiger partial charge in [0.2, 0.25) is 0 Å². The number of hydrogen-bond acceptors (Lipinski definition) is 5. The molecule has 7 heteroatoms. The van der Waals surface area contributed by atoms with E-state index in [1.807, 2.05) is 60.7 Å². The molecule has 3 atom stereocenters. The van der Waals surface area contributed by atoms with Crippen LogP contribution in [0.4, 0.5) is 0 Å². The van der Waals surface area contributed by atoms with E-state index >= 15 is 0 Å². The molecule has 0 aliphatic heterocycles. The lowest BCUT2D eigenvalue weighted by atomic mass is 10.1. The van der Waals surface area contributed by atoms with E-state index in [9.17, 15) is 15.5 Å². The van der Waals surface area contributed by atoms with E-state index in [0.717, 1.165) is 10.4 Å². The van der Waals surface area contributed by atoms with Gasteiger partial charge in [0, 0.05) is 0 Å². The average Bonchev–Trinajstić information content (AvgIpc) is 2.77. The lowest BCUT2D eigenvalue weighted by Gasteiger charge is -2.45. The minimum atomic E-state index is -3.06. The van der Waals surface area contributed by atoms with E-state index in [1.54, 1.807) is 0 Å². The molecule has 2 aromatic rings. The molecule has 2 N–H and O–H groups in total. The molecule has 0 unspecified atom stereocenters. The van der Waals surface area contributed by atoms with Crippen LogP contribution in [0.1, 0.15) is 41.5 Å². The van der Waals surface area contributed by atoms with Crippen molar-refractivity contribution in [2.75, 3.05) is 6.61 Å². The molecule has 0 radical (unpaired) electrons. The summed E-state index contributed by atoms with van der Waals surface area (Å²) in [5.41, 5.74) is 0. The van der Waals surface area contributed by atoms with Gasteiger partial charge in [0.1, 0.15) is 12.2 Å². The van der Waals surface area contributed by atoms with Crippen molar-refractivity contribution in [1.29, 1.82) is 5.26 Å². The fraction of sp³-hybridized carbons (Fsp3) is 0.519. The Labute approximate surface area is 207 Å². The zero-order valence-corrected chi connectivity index (χ0v) is 23.9. The molecular formula is C27H41NO4Si2. The second kappa shape index (κ2) is 10.9. The van der Waals surface area contributed by atoms with E-state index in [1.165, 1.54) is 0 Å². The number of hydrogen-bond donors (Lipinski definition) is 2. The van der Waals surface area contributed by atoms with Crippen LogP contribution in [0, 0.1) is 11.3 Å². The summed E-state index contributed by atoms with van der Waals surface area (Å²) in [6.45, 7) is 16.8. The molecule has 0 aliphatic rings. The Balaban J connectivity index is 2.44. The largest absolute Gasteiger partial charge is 0.414 e. The van der Waals surface area contributed by atoms with E-state index in [0.29, 0.717) is 0 Å². The van der Waals surface area contributed by atoms with Gasteiger partial charge in [-0.25, -0.2) is 0 Å². The Morgan fingerprint density at radius 1 is 0.824 bits per heavy atom. The van der Waals surface area contributed by atoms with E-state index in [2.05, 4.69) is 60.7 Å². The van der Waals surface area contributed by atoms with Crippen LogP contribution in [0.25, 0.3) is 0 Å². The molecule has 0 saturated heterocycles. The third-order valence-corrected chi connectivity index (χ3v) is 16.5. The van der Waals surface area contributed by atoms with Crippen LogP contribution < -0.4 is 10.4 Å². The Kier molecular flexibility index (Phi) is 9.08. The van der Waals surface area contributed by atoms with Gasteiger partial charge in [-0.2, -0.15) is 5.26 Å². The van der Waals surface area contributed by atoms with Crippen LogP contribution in [0.5, 0.6) is 0 Å². The van der Waals surface area contributed by atoms with Crippen LogP contribution >= 0.6 is 0 Å². The van der Waals surface area contributed by atoms with Crippen LogP contribution in [0.2, 0.25) is 23.2 Å². The van der Waals surface area contributed by atoms with Crippen LogP contribution in [-0.4, -0.2) is 51.8 Å². The number of aliphatic hydroxyl groups is 2. The van der Waals surface area contributed by atoms with E-state index in [4.69, 9.17) is 8.85 Å². The van der Waals surface area contributed by atoms with Gasteiger partial charge in [-0.1, -0.05) is 102 Å². The molecule has 0 saturated carbocycles. The second-order valence-electron chi connectivity index (χ2n) is 11.5. The quantitative estimate of drug-likeness (QED) is 0.505. The summed E-state index contributed by atoms with van der Waals surface area (Å²) < 4.78 is 12.8. The molecular weight excluding hydrogens is 458 g/mol. The Hall–Kier alpha value is -1.80. The number of nitriles is 1. The molecule has 0 fully saturated rings. The molecule has 0 bridgehead atoms. The molecule has 5 nitrogen and oxygen atoms in total. The van der Waals surface area contributed by atoms with Gasteiger partial charge in [-0.05, 0) is 33.5 Å². The molecule has 0 aromatic heterocycles. The third kappa shape index (κ3) is 6.06. The zero-order valence-electron chi connectivity index (χ0n) is 21.9. The Bertz CT molecular complexity index is 907. The minimum absolute atomic E-state index is 0.0300. The highest BCUT2D eigenvalue weighted by Gasteiger charge is 2.52. The fourth-order valence-corrected chi connectivity index (χ4v) is 9.47. The van der Waals surface area contributed by atoms with Crippen molar-refractivity contribution < 1.29 is 19.1 Å². The molecule has 2 rings (SSSR count). The smallest absolute Gasteiger partial charge is 0.262 e. The number of nitrogens with zero attached hydrogens (tertiary/aromatic N) is 1. The molecule has 0 spiro atoms. The van der Waals surface area contributed by atoms with Gasteiger partial charge in [0.05, 0.1) is 12.7 Å². The first kappa shape index (κ1) is 28.4. The molecule has 0 amide bonds. The highest BCUT2D eigenvalue weighted by atomic mass is 28.4. The first-order chi connectivity index (χ1) is 15.7. The van der Waals surface area contributed by atoms with Crippen molar-refractivity contribution in [3.63, 3.8) is 0 Å². The summed E-state index contributed by atoms with van der Waals surface area (Å²) >= 11 is 0. The average molecular weight is 500 g/mol. The second-order valence-corrected chi connectivity index (χ2v) is 20.5. The van der Waals surface area contributed by atoms with Gasteiger partial charge in [0.25, 0.3) is 8.32 Å². The molecule has 0 heterocycles. The lowest BCUT2D eigenvalue weighted by molar-refractivity contribution is -0.0520. The number of benzene rings is 2. The van der Waals surface area contributed by atoms with Crippen molar-refractivity contribution in [3.8, 4) is 6.07 Å². The van der Waals surface area contributed by atoms with Gasteiger partial charge < -0.3 is 19.1 Å². The Morgan fingerprint density at radius 2 is 1.26 bits per heavy atom. The predicted molar refractivity (Wildman–Crippen MR) is 143 cm³/mol. The highest BCUT2D eigenvalue weighted by Crippen LogP contribution is 2.38. The van der Waals surface area contributed by atoms with Gasteiger partial charge >= 0.3 is 0 Å². The van der Waals surface area contributed by atoms with E-state index in [-0.39, 0.29) is 16.7 Å². The summed E-state index contributed by atoms with van der Waals surface area (Å²) in [7, 11) is -5.18. The fourth-order valence-electron chi connectivity index (χ4n) is 3.86. The number of rotatable bonds is 9. The van der Waals surface area contributed by atoms with Crippen LogP contribution in [0.15, 0.2) is 60.7 Å². The van der Waals surface area contributed by atoms with Crippen molar-refractivity contribution in [3.05, 3.63) is 60.7 Å². The summed E-state index contributed by atoms with van der Waals surface area (Å²) in [6, 6.07) is 22.0. The minimum Gasteiger partial charge on any atom is -0.414 e. The molecule has 186 valence electrons. The maximum Gasteiger partial charge on any atom is 0.262 e. The Morgan fingerprint density at radius 3 is 1.62 bits per heavy atom. The van der Waals surface area contributed by atoms with Crippen molar-refractivity contribution in [1.82, 2.24) is 0 Å². The molecule has 34 heavy (non-hydrogen) atoms. The summed E-state index contributed by atoms with van der Waals surface area (Å²) in [6.07, 6.45) is -3.86. The summed E-state index contributed by atoms with van der Waals surface area (Å²) in [5.74, 6) is 0. The topological polar surface area (TPSA) is 82.7 Å². The lowest BCUT2D eigenvalue weighted by Crippen LogP contribution is -2.68. The maximum absolute atomic E-state index is 11.1. The highest BCUT2D eigenvalue weighted by molar-refractivity contribution is 6.99. The zero-order chi connectivity index (χ0) is 25.8. The third-order valence-electron chi connectivity index (χ3n) is 6.97. The first-order valence-corrected chi connectivity index (χ1v) is 16.7. The van der Waals surface area contributed by atoms with Gasteiger partial charge in [-0.3, -0.25) is 0 Å². The number of aliphatic hydroxyl groups excluding tert-OH is 2.